The van der Waals surface area contributed by atoms with Crippen LogP contribution >= 0.6 is 0 Å². The first kappa shape index (κ1) is 67.7. The number of aromatic hydroxyl groups is 4. The Morgan fingerprint density at radius 2 is 0.956 bits per heavy atom. The van der Waals surface area contributed by atoms with Crippen molar-refractivity contribution in [3.63, 3.8) is 0 Å². The van der Waals surface area contributed by atoms with Gasteiger partial charge in [0.25, 0.3) is 0 Å². The number of phenolic OH excluding ortho intramolecular Hbond substituents is 4. The fourth-order valence-electron chi connectivity index (χ4n) is 9.30. The summed E-state index contributed by atoms with van der Waals surface area (Å²) in [5.41, 5.74) is -1.07. The standard InChI is InChI=1S/C58H62O33/c1-78-30-9-22(10-31(79-2)44(30)67)5-7-40(63)82-19-36-46(69)49(72)52(75)56(89-36)85-25-15-27(59)26-17-35(88-58-54(77)51(74)48(71)38(91-58)21-84-42(65)18-39(61)62)55(86-29(26)16-25)24-13-28(60)43(66)34(14-24)87-57-53(76)50(73)47(70)37(90-57)20-83-41(64)8-6-23-11-32(80-3)45(68)33(12-23)81-4/h5-17,36-38,46-54,56-58,60,66-77H,18-21H2,1-4H3,(H,61,62)/p+1/t36-,37-,38-,46+,47+,48+,49+,50+,51+,52+,53-,54+,56-,57-,58-/m1/s1. The Labute approximate surface area is 512 Å². The van der Waals surface area contributed by atoms with Crippen LogP contribution in [-0.4, -0.2) is 241 Å². The van der Waals surface area contributed by atoms with Crippen LogP contribution in [0.1, 0.15) is 17.5 Å². The molecular formula is C58H63O33+. The second-order valence-corrected chi connectivity index (χ2v) is 20.3. The van der Waals surface area contributed by atoms with Crippen molar-refractivity contribution in [2.75, 3.05) is 48.3 Å². The van der Waals surface area contributed by atoms with E-state index < -0.39 is 193 Å². The SMILES string of the molecule is COc1cc(C=CC(=O)OC[C@H]2O[C@@H](Oc3cc(-c4oc5cc(O[C@@H]6O[C@H](COC(=[OH+])C=Cc7cc(OC)c(O)c(OC)c7)[C@H](O)[C@H](O)[C@@H]6O)cc(=O)c-5cc4O[C@@H]4O[C@H](COC(=O)CC(=O)O)[C@H](O)[C@H](O)[C@@H]4O)cc(O)c3O)[C@H](O)[C@@H](O)[C@H]2O)cc(OC)c1O. The molecule has 8 rings (SSSR count). The van der Waals surface area contributed by atoms with Gasteiger partial charge in [0.1, 0.15) is 98.3 Å². The summed E-state index contributed by atoms with van der Waals surface area (Å²) in [6, 6.07) is 10.1. The molecule has 5 aliphatic rings. The van der Waals surface area contributed by atoms with Crippen molar-refractivity contribution < 1.29 is 157 Å². The van der Waals surface area contributed by atoms with Crippen molar-refractivity contribution in [3.05, 3.63) is 88.1 Å². The molecule has 0 bridgehead atoms. The number of carbonyl (C=O) groups is 3. The molecule has 33 heteroatoms. The molecule has 91 heavy (non-hydrogen) atoms. The van der Waals surface area contributed by atoms with Crippen LogP contribution in [0.3, 0.4) is 0 Å². The highest BCUT2D eigenvalue weighted by Crippen LogP contribution is 2.46. The number of ether oxygens (including phenoxy) is 13. The quantitative estimate of drug-likeness (QED) is 0.00869. The van der Waals surface area contributed by atoms with Crippen LogP contribution < -0.4 is 38.6 Å². The van der Waals surface area contributed by atoms with Gasteiger partial charge in [-0.25, -0.2) is 4.79 Å². The van der Waals surface area contributed by atoms with Gasteiger partial charge in [-0.1, -0.05) is 0 Å². The molecule has 1 aliphatic carbocycles. The molecule has 3 saturated heterocycles. The van der Waals surface area contributed by atoms with E-state index in [0.29, 0.717) is 11.1 Å². The minimum atomic E-state index is -2.18. The molecule has 0 saturated carbocycles. The Kier molecular flexibility index (Phi) is 21.7. The maximum absolute atomic E-state index is 14.0. The average molecular weight is 1290 g/mol. The number of aliphatic carboxylic acids is 1. The first-order chi connectivity index (χ1) is 43.2. The Morgan fingerprint density at radius 3 is 1.44 bits per heavy atom. The van der Waals surface area contributed by atoms with Crippen molar-refractivity contribution in [3.8, 4) is 85.9 Å². The summed E-state index contributed by atoms with van der Waals surface area (Å²) in [6.45, 7) is -2.39. The van der Waals surface area contributed by atoms with Crippen LogP contribution in [-0.2, 0) is 42.8 Å². The fraction of sp³-hybridized carbons (Fsp3) is 0.397. The van der Waals surface area contributed by atoms with E-state index >= 15 is 0 Å². The van der Waals surface area contributed by atoms with Crippen LogP contribution in [0, 0.1) is 0 Å². The highest BCUT2D eigenvalue weighted by atomic mass is 16.7. The number of esters is 3. The van der Waals surface area contributed by atoms with E-state index in [2.05, 4.69) is 0 Å². The fourth-order valence-corrected chi connectivity index (χ4v) is 9.30. The molecule has 33 nitrogen and oxygen atoms in total. The molecule has 0 amide bonds. The molecule has 0 unspecified atom stereocenters. The minimum absolute atomic E-state index is 0.0117. The number of carbonyl (C=O) groups excluding carboxylic acids is 3. The van der Waals surface area contributed by atoms with Gasteiger partial charge in [0, 0.05) is 23.8 Å². The third kappa shape index (κ3) is 15.5. The average Bonchev–Trinajstić information content (AvgIpc) is 0.812. The highest BCUT2D eigenvalue weighted by Gasteiger charge is 2.49. The van der Waals surface area contributed by atoms with Crippen molar-refractivity contribution in [1.29, 1.82) is 0 Å². The smallest absolute Gasteiger partial charge is 0.504 e. The maximum atomic E-state index is 14.0. The van der Waals surface area contributed by atoms with Gasteiger partial charge in [-0.3, -0.25) is 14.4 Å². The number of phenols is 4. The lowest BCUT2D eigenvalue weighted by Gasteiger charge is -2.40. The molecule has 3 aromatic carbocycles. The highest BCUT2D eigenvalue weighted by molar-refractivity contribution is 5.90. The van der Waals surface area contributed by atoms with E-state index in [1.807, 2.05) is 0 Å². The number of fused-ring (bicyclic) bond motifs is 1. The lowest BCUT2D eigenvalue weighted by atomic mass is 9.99. The van der Waals surface area contributed by atoms with Gasteiger partial charge in [0.15, 0.2) is 57.5 Å². The number of aliphatic hydroxyl groups excluding tert-OH is 9. The van der Waals surface area contributed by atoms with Crippen LogP contribution in [0.4, 0.5) is 0 Å². The van der Waals surface area contributed by atoms with Crippen molar-refractivity contribution in [2.45, 2.75) is 98.5 Å². The lowest BCUT2D eigenvalue weighted by Crippen LogP contribution is -2.60. The van der Waals surface area contributed by atoms with Crippen molar-refractivity contribution in [2.24, 2.45) is 0 Å². The summed E-state index contributed by atoms with van der Waals surface area (Å²) < 4.78 is 76.8. The minimum Gasteiger partial charge on any atom is -0.504 e. The third-order valence-electron chi connectivity index (χ3n) is 14.2. The van der Waals surface area contributed by atoms with Gasteiger partial charge in [-0.2, -0.15) is 0 Å². The first-order valence-electron chi connectivity index (χ1n) is 27.0. The van der Waals surface area contributed by atoms with E-state index in [1.165, 1.54) is 64.9 Å². The molecule has 0 radical (unpaired) electrons. The number of benzene rings is 4. The molecule has 3 aromatic rings. The second-order valence-electron chi connectivity index (χ2n) is 20.3. The van der Waals surface area contributed by atoms with E-state index in [-0.39, 0.29) is 40.1 Å². The van der Waals surface area contributed by atoms with Gasteiger partial charge in [-0.15, -0.1) is 0 Å². The molecule has 15 N–H and O–H groups in total. The molecule has 4 heterocycles. The summed E-state index contributed by atoms with van der Waals surface area (Å²) in [5, 5.41) is 150. The van der Waals surface area contributed by atoms with Gasteiger partial charge in [0.2, 0.25) is 42.7 Å². The Bertz CT molecular complexity index is 3480. The zero-order valence-electron chi connectivity index (χ0n) is 48.1. The lowest BCUT2D eigenvalue weighted by molar-refractivity contribution is -0.278. The predicted octanol–water partition coefficient (Wildman–Crippen LogP) is -1.67. The molecule has 3 fully saturated rings. The number of aliphatic hydroxyl groups is 9. The monoisotopic (exact) mass is 1290 g/mol. The molecule has 0 spiro atoms. The van der Waals surface area contributed by atoms with Crippen LogP contribution in [0.2, 0.25) is 0 Å². The second kappa shape index (κ2) is 29.2. The van der Waals surface area contributed by atoms with E-state index in [1.54, 1.807) is 0 Å². The number of rotatable bonds is 23. The number of hydrogen-bond donors (Lipinski definition) is 14. The summed E-state index contributed by atoms with van der Waals surface area (Å²) in [5.74, 6) is -10.1. The first-order valence-corrected chi connectivity index (χ1v) is 27.0. The summed E-state index contributed by atoms with van der Waals surface area (Å²) in [7, 11) is 5.18. The normalized spacial score (nSPS) is 26.6. The number of hydrogen-bond acceptors (Lipinski definition) is 31. The van der Waals surface area contributed by atoms with Crippen LogP contribution in [0.25, 0.3) is 34.8 Å². The largest absolute Gasteiger partial charge is 0.510 e. The Balaban J connectivity index is 1.08. The summed E-state index contributed by atoms with van der Waals surface area (Å²) in [4.78, 5) is 60.7. The number of carboxylic acids is 1. The van der Waals surface area contributed by atoms with Crippen LogP contribution in [0.15, 0.2) is 76.0 Å². The summed E-state index contributed by atoms with van der Waals surface area (Å²) >= 11 is 0. The van der Waals surface area contributed by atoms with Crippen molar-refractivity contribution >= 4 is 36.0 Å². The summed E-state index contributed by atoms with van der Waals surface area (Å²) in [6.07, 6.45) is -25.9. The predicted molar refractivity (Wildman–Crippen MR) is 300 cm³/mol. The molecule has 15 atom stereocenters. The number of carboxylic acid groups (broad SMARTS) is 1. The van der Waals surface area contributed by atoms with E-state index in [4.69, 9.17) is 71.1 Å². The Hall–Kier alpha value is -9.23. The molecular weight excluding hydrogens is 1220 g/mol. The van der Waals surface area contributed by atoms with Crippen LogP contribution in [0.5, 0.6) is 63.2 Å². The van der Waals surface area contributed by atoms with E-state index in [0.717, 1.165) is 42.5 Å². The van der Waals surface area contributed by atoms with Gasteiger partial charge >= 0.3 is 23.9 Å². The van der Waals surface area contributed by atoms with Crippen molar-refractivity contribution in [1.82, 2.24) is 0 Å². The van der Waals surface area contributed by atoms with Gasteiger partial charge in [-0.05, 0) is 65.7 Å². The third-order valence-corrected chi connectivity index (χ3v) is 14.2. The maximum Gasteiger partial charge on any atom is 0.510 e. The molecule has 492 valence electrons. The number of methoxy groups -OCH3 is 4. The van der Waals surface area contributed by atoms with E-state index in [9.17, 15) is 90.4 Å². The van der Waals surface area contributed by atoms with Gasteiger partial charge < -0.3 is 142 Å². The zero-order valence-corrected chi connectivity index (χ0v) is 48.1. The molecule has 0 aromatic heterocycles. The topological polar surface area (TPSA) is 506 Å². The zero-order chi connectivity index (χ0) is 66.3. The Morgan fingerprint density at radius 1 is 0.505 bits per heavy atom. The van der Waals surface area contributed by atoms with Gasteiger partial charge in [0.05, 0.1) is 40.1 Å². The molecule has 4 aliphatic heterocycles.